The molecule has 2 fully saturated rings. The summed E-state index contributed by atoms with van der Waals surface area (Å²) in [6.45, 7) is 4.38. The van der Waals surface area contributed by atoms with Crippen molar-refractivity contribution in [1.82, 2.24) is 25.1 Å². The number of likely N-dealkylation sites (tertiary alicyclic amines) is 1. The number of benzene rings is 1. The molecule has 4 heterocycles. The molecule has 2 N–H and O–H groups in total. The van der Waals surface area contributed by atoms with Gasteiger partial charge >= 0.3 is 0 Å². The Hall–Kier alpha value is -2.58. The zero-order chi connectivity index (χ0) is 22.2. The van der Waals surface area contributed by atoms with Crippen LogP contribution in [0.1, 0.15) is 26.2 Å². The number of halogens is 2. The molecule has 2 unspecified atom stereocenters. The molecule has 0 radical (unpaired) electrons. The first-order valence-electron chi connectivity index (χ1n) is 11.0. The zero-order valence-corrected chi connectivity index (χ0v) is 19.3. The highest BCUT2D eigenvalue weighted by atomic mass is 35.5. The van der Waals surface area contributed by atoms with Gasteiger partial charge in [0.2, 0.25) is 5.91 Å². The fraction of sp³-hybridized carbons (Fsp3) is 0.455. The maximum absolute atomic E-state index is 13.4. The number of amides is 1. The lowest BCUT2D eigenvalue weighted by Gasteiger charge is -2.40. The lowest BCUT2D eigenvalue weighted by molar-refractivity contribution is -0.133. The maximum Gasteiger partial charge on any atom is 0.245 e. The second-order valence-electron chi connectivity index (χ2n) is 8.48. The van der Waals surface area contributed by atoms with Gasteiger partial charge in [0.25, 0.3) is 0 Å². The molecule has 2 aromatic heterocycles. The van der Waals surface area contributed by atoms with Crippen LogP contribution >= 0.6 is 23.2 Å². The van der Waals surface area contributed by atoms with Crippen molar-refractivity contribution < 1.29 is 4.79 Å². The predicted octanol–water partition coefficient (Wildman–Crippen LogP) is 3.98. The normalized spacial score (nSPS) is 21.6. The highest BCUT2D eigenvalue weighted by molar-refractivity contribution is 6.35. The van der Waals surface area contributed by atoms with Crippen LogP contribution in [0.4, 0.5) is 11.5 Å². The molecule has 168 valence electrons. The molecule has 5 rings (SSSR count). The molecule has 1 amide bonds. The van der Waals surface area contributed by atoms with Gasteiger partial charge in [0.15, 0.2) is 5.65 Å². The fourth-order valence-corrected chi connectivity index (χ4v) is 5.51. The average Bonchev–Trinajstić information content (AvgIpc) is 3.42. The summed E-state index contributed by atoms with van der Waals surface area (Å²) in [7, 11) is 0. The Bertz CT molecular complexity index is 1120. The van der Waals surface area contributed by atoms with Crippen molar-refractivity contribution in [3.05, 3.63) is 40.8 Å². The van der Waals surface area contributed by atoms with E-state index in [1.807, 2.05) is 11.8 Å². The Kier molecular flexibility index (Phi) is 5.82. The molecular weight excluding hydrogens is 449 g/mol. The van der Waals surface area contributed by atoms with Gasteiger partial charge in [-0.05, 0) is 43.4 Å². The van der Waals surface area contributed by atoms with Crippen molar-refractivity contribution >= 4 is 51.6 Å². The fourth-order valence-electron chi connectivity index (χ4n) is 4.98. The minimum Gasteiger partial charge on any atom is -0.374 e. The van der Waals surface area contributed by atoms with Crippen molar-refractivity contribution in [3.63, 3.8) is 0 Å². The van der Waals surface area contributed by atoms with Crippen LogP contribution in [-0.2, 0) is 4.79 Å². The van der Waals surface area contributed by atoms with Crippen molar-refractivity contribution in [2.45, 2.75) is 38.3 Å². The number of hydrogen-bond acceptors (Lipinski definition) is 6. The number of rotatable bonds is 5. The van der Waals surface area contributed by atoms with E-state index in [0.29, 0.717) is 28.9 Å². The van der Waals surface area contributed by atoms with Gasteiger partial charge in [-0.2, -0.15) is 5.10 Å². The summed E-state index contributed by atoms with van der Waals surface area (Å²) < 4.78 is 0. The molecule has 10 heteroatoms. The van der Waals surface area contributed by atoms with E-state index in [4.69, 9.17) is 23.2 Å². The van der Waals surface area contributed by atoms with E-state index < -0.39 is 0 Å². The zero-order valence-electron chi connectivity index (χ0n) is 17.8. The highest BCUT2D eigenvalue weighted by Gasteiger charge is 2.41. The van der Waals surface area contributed by atoms with Crippen LogP contribution in [0.2, 0.25) is 10.0 Å². The molecule has 3 atom stereocenters. The van der Waals surface area contributed by atoms with Gasteiger partial charge in [0.05, 0.1) is 17.6 Å². The predicted molar refractivity (Wildman–Crippen MR) is 126 cm³/mol. The number of carbonyl (C=O) groups is 1. The summed E-state index contributed by atoms with van der Waals surface area (Å²) in [5, 5.41) is 12.4. The van der Waals surface area contributed by atoms with Crippen molar-refractivity contribution in [1.29, 1.82) is 0 Å². The molecule has 2 saturated heterocycles. The van der Waals surface area contributed by atoms with Gasteiger partial charge in [0, 0.05) is 35.4 Å². The smallest absolute Gasteiger partial charge is 0.245 e. The van der Waals surface area contributed by atoms with E-state index >= 15 is 0 Å². The molecule has 2 aliphatic rings. The van der Waals surface area contributed by atoms with Crippen molar-refractivity contribution in [3.8, 4) is 0 Å². The van der Waals surface area contributed by atoms with Crippen LogP contribution in [-0.4, -0.2) is 62.7 Å². The van der Waals surface area contributed by atoms with E-state index in [9.17, 15) is 4.79 Å². The summed E-state index contributed by atoms with van der Waals surface area (Å²) >= 11 is 12.3. The topological polar surface area (TPSA) is 90.0 Å². The average molecular weight is 474 g/mol. The monoisotopic (exact) mass is 473 g/mol. The second-order valence-corrected chi connectivity index (χ2v) is 9.35. The van der Waals surface area contributed by atoms with Crippen LogP contribution < -0.4 is 10.2 Å². The van der Waals surface area contributed by atoms with Crippen LogP contribution in [0.15, 0.2) is 30.7 Å². The van der Waals surface area contributed by atoms with Crippen LogP contribution in [0, 0.1) is 5.92 Å². The van der Waals surface area contributed by atoms with Gasteiger partial charge in [-0.3, -0.25) is 9.89 Å². The number of hydrogen-bond donors (Lipinski definition) is 2. The number of aromatic nitrogens is 4. The molecule has 8 nitrogen and oxygen atoms in total. The second kappa shape index (κ2) is 8.75. The third kappa shape index (κ3) is 3.97. The number of H-pyrrole nitrogens is 1. The first-order chi connectivity index (χ1) is 15.5. The van der Waals surface area contributed by atoms with E-state index in [1.165, 1.54) is 0 Å². The number of fused-ring (bicyclic) bond motifs is 2. The van der Waals surface area contributed by atoms with Gasteiger partial charge in [-0.25, -0.2) is 9.97 Å². The third-order valence-corrected chi connectivity index (χ3v) is 7.02. The summed E-state index contributed by atoms with van der Waals surface area (Å²) in [4.78, 5) is 26.6. The van der Waals surface area contributed by atoms with Crippen molar-refractivity contribution in [2.24, 2.45) is 5.92 Å². The molecule has 0 aliphatic carbocycles. The maximum atomic E-state index is 13.4. The van der Waals surface area contributed by atoms with Crippen LogP contribution in [0.5, 0.6) is 0 Å². The molecule has 0 saturated carbocycles. The molecule has 0 bridgehead atoms. The number of nitrogens with one attached hydrogen (secondary N) is 2. The number of aromatic amines is 1. The summed E-state index contributed by atoms with van der Waals surface area (Å²) in [6, 6.07) is 5.16. The molecule has 32 heavy (non-hydrogen) atoms. The van der Waals surface area contributed by atoms with Gasteiger partial charge in [-0.15, -0.1) is 0 Å². The van der Waals surface area contributed by atoms with Crippen LogP contribution in [0.25, 0.3) is 11.0 Å². The molecule has 3 aromatic rings. The summed E-state index contributed by atoms with van der Waals surface area (Å²) in [6.07, 6.45) is 6.11. The summed E-state index contributed by atoms with van der Waals surface area (Å²) in [5.74, 6) is 1.55. The quantitative estimate of drug-likeness (QED) is 0.582. The Morgan fingerprint density at radius 3 is 2.78 bits per heavy atom. The lowest BCUT2D eigenvalue weighted by Crippen LogP contribution is -2.53. The molecular formula is C22H25Cl2N7O. The van der Waals surface area contributed by atoms with E-state index in [-0.39, 0.29) is 18.0 Å². The van der Waals surface area contributed by atoms with E-state index in [1.54, 1.807) is 30.7 Å². The number of piperidine rings is 1. The molecule has 1 aromatic carbocycles. The minimum absolute atomic E-state index is 0.102. The Morgan fingerprint density at radius 2 is 2.00 bits per heavy atom. The molecule has 0 spiro atoms. The highest BCUT2D eigenvalue weighted by Crippen LogP contribution is 2.36. The lowest BCUT2D eigenvalue weighted by atomic mass is 9.91. The Labute approximate surface area is 196 Å². The molecule has 2 aliphatic heterocycles. The van der Waals surface area contributed by atoms with Gasteiger partial charge < -0.3 is 15.1 Å². The van der Waals surface area contributed by atoms with Gasteiger partial charge in [-0.1, -0.05) is 30.1 Å². The van der Waals surface area contributed by atoms with Crippen LogP contribution in [0.3, 0.4) is 0 Å². The largest absolute Gasteiger partial charge is 0.374 e. The SMILES string of the molecule is CC[C@@H](Nc1cc(Cl)cc(Cl)c1)C(=O)N1CCC2CCN(c3ncnc4[nH]ncc34)C2C1. The van der Waals surface area contributed by atoms with E-state index in [0.717, 1.165) is 48.5 Å². The van der Waals surface area contributed by atoms with Crippen molar-refractivity contribution in [2.75, 3.05) is 29.9 Å². The van der Waals surface area contributed by atoms with E-state index in [2.05, 4.69) is 30.4 Å². The number of nitrogens with zero attached hydrogens (tertiary/aromatic N) is 5. The van der Waals surface area contributed by atoms with Gasteiger partial charge in [0.1, 0.15) is 18.2 Å². The third-order valence-electron chi connectivity index (χ3n) is 6.58. The first kappa shape index (κ1) is 21.3. The standard InChI is InChI=1S/C22H25Cl2N7O/c1-2-18(28-16-8-14(23)7-15(24)9-16)22(32)30-5-3-13-4-6-31(19(13)11-30)21-17-10-27-29-20(17)25-12-26-21/h7-10,12-13,18-19,28H,2-6,11H2,1H3,(H,25,26,27,29)/t13?,18-,19?/m1/s1. The summed E-state index contributed by atoms with van der Waals surface area (Å²) in [5.41, 5.74) is 1.49. The Balaban J connectivity index is 1.34. The minimum atomic E-state index is -0.337. The first-order valence-corrected chi connectivity index (χ1v) is 11.7. The number of carbonyl (C=O) groups excluding carboxylic acids is 1. The Morgan fingerprint density at radius 1 is 1.22 bits per heavy atom. The number of anilines is 2.